The summed E-state index contributed by atoms with van der Waals surface area (Å²) in [7, 11) is 0. The van der Waals surface area contributed by atoms with E-state index in [-0.39, 0.29) is 11.8 Å². The van der Waals surface area contributed by atoms with Gasteiger partial charge in [0.15, 0.2) is 0 Å². The van der Waals surface area contributed by atoms with Crippen LogP contribution < -0.4 is 5.32 Å². The quantitative estimate of drug-likeness (QED) is 0.760. The molecule has 2 heteroatoms. The zero-order valence-electron chi connectivity index (χ0n) is 10.4. The minimum Gasteiger partial charge on any atom is -0.353 e. The molecule has 88 valence electrons. The second kappa shape index (κ2) is 6.14. The van der Waals surface area contributed by atoms with Crippen LogP contribution in [0.5, 0.6) is 0 Å². The highest BCUT2D eigenvalue weighted by Gasteiger charge is 2.26. The van der Waals surface area contributed by atoms with Gasteiger partial charge in [-0.15, -0.1) is 0 Å². The van der Waals surface area contributed by atoms with Crippen molar-refractivity contribution in [1.82, 2.24) is 5.32 Å². The van der Waals surface area contributed by atoms with Gasteiger partial charge >= 0.3 is 0 Å². The molecule has 1 aliphatic rings. The average molecular weight is 211 g/mol. The van der Waals surface area contributed by atoms with Crippen LogP contribution in [0.15, 0.2) is 0 Å². The summed E-state index contributed by atoms with van der Waals surface area (Å²) in [6.45, 7) is 6.16. The van der Waals surface area contributed by atoms with Gasteiger partial charge in [-0.25, -0.2) is 0 Å². The maximum absolute atomic E-state index is 11.6. The zero-order chi connectivity index (χ0) is 11.3. The van der Waals surface area contributed by atoms with Crippen LogP contribution in [0, 0.1) is 11.8 Å². The minimum atomic E-state index is 0.120. The molecule has 0 spiro atoms. The molecule has 0 radical (unpaired) electrons. The maximum atomic E-state index is 11.6. The Morgan fingerprint density at radius 1 is 1.33 bits per heavy atom. The van der Waals surface area contributed by atoms with E-state index in [0.717, 1.165) is 5.92 Å². The molecule has 1 aliphatic carbocycles. The molecule has 0 aromatic heterocycles. The third-order valence-corrected chi connectivity index (χ3v) is 3.42. The molecule has 0 aliphatic heterocycles. The van der Waals surface area contributed by atoms with Gasteiger partial charge in [0.2, 0.25) is 5.91 Å². The summed E-state index contributed by atoms with van der Waals surface area (Å²) in [4.78, 5) is 11.6. The third-order valence-electron chi connectivity index (χ3n) is 3.42. The fourth-order valence-electron chi connectivity index (χ4n) is 2.46. The van der Waals surface area contributed by atoms with Crippen molar-refractivity contribution < 1.29 is 4.79 Å². The Hall–Kier alpha value is -0.530. The molecule has 2 atom stereocenters. The third kappa shape index (κ3) is 3.84. The van der Waals surface area contributed by atoms with E-state index in [4.69, 9.17) is 0 Å². The predicted octanol–water partition coefficient (Wildman–Crippen LogP) is 3.12. The standard InChI is InChI=1S/C13H25NO/c1-4-7-11-8-5-6-9-12(11)14-13(15)10(2)3/h10-12H,4-9H2,1-3H3,(H,14,15)/t11-,12-/m1/s1. The van der Waals surface area contributed by atoms with E-state index in [1.54, 1.807) is 0 Å². The molecule has 0 heterocycles. The smallest absolute Gasteiger partial charge is 0.222 e. The van der Waals surface area contributed by atoms with Crippen LogP contribution >= 0.6 is 0 Å². The molecule has 0 saturated heterocycles. The van der Waals surface area contributed by atoms with E-state index in [2.05, 4.69) is 12.2 Å². The van der Waals surface area contributed by atoms with E-state index in [0.29, 0.717) is 6.04 Å². The Labute approximate surface area is 93.8 Å². The van der Waals surface area contributed by atoms with Gasteiger partial charge in [0, 0.05) is 12.0 Å². The normalized spacial score (nSPS) is 26.7. The van der Waals surface area contributed by atoms with Crippen LogP contribution in [0.2, 0.25) is 0 Å². The first-order chi connectivity index (χ1) is 7.15. The van der Waals surface area contributed by atoms with Crippen molar-refractivity contribution in [3.63, 3.8) is 0 Å². The van der Waals surface area contributed by atoms with E-state index < -0.39 is 0 Å². The van der Waals surface area contributed by atoms with Gasteiger partial charge in [0.1, 0.15) is 0 Å². The minimum absolute atomic E-state index is 0.120. The van der Waals surface area contributed by atoms with Crippen LogP contribution in [0.4, 0.5) is 0 Å². The van der Waals surface area contributed by atoms with E-state index in [9.17, 15) is 4.79 Å². The van der Waals surface area contributed by atoms with Crippen LogP contribution in [-0.4, -0.2) is 11.9 Å². The van der Waals surface area contributed by atoms with Gasteiger partial charge in [-0.1, -0.05) is 40.0 Å². The van der Waals surface area contributed by atoms with Gasteiger partial charge in [0.25, 0.3) is 0 Å². The lowest BCUT2D eigenvalue weighted by Gasteiger charge is -2.32. The summed E-state index contributed by atoms with van der Waals surface area (Å²) in [6, 6.07) is 0.452. The van der Waals surface area contributed by atoms with Gasteiger partial charge in [-0.05, 0) is 25.2 Å². The summed E-state index contributed by atoms with van der Waals surface area (Å²) < 4.78 is 0. The Morgan fingerprint density at radius 3 is 2.60 bits per heavy atom. The highest BCUT2D eigenvalue weighted by Crippen LogP contribution is 2.28. The van der Waals surface area contributed by atoms with Crippen molar-refractivity contribution in [2.75, 3.05) is 0 Å². The Kier molecular flexibility index (Phi) is 5.13. The maximum Gasteiger partial charge on any atom is 0.222 e. The SMILES string of the molecule is CCC[C@@H]1CCCC[C@H]1NC(=O)C(C)C. The van der Waals surface area contributed by atoms with E-state index >= 15 is 0 Å². The van der Waals surface area contributed by atoms with Gasteiger partial charge in [0.05, 0.1) is 0 Å². The first-order valence-electron chi connectivity index (χ1n) is 6.45. The number of hydrogen-bond donors (Lipinski definition) is 1. The molecule has 0 aromatic rings. The molecule has 0 unspecified atom stereocenters. The molecule has 1 saturated carbocycles. The highest BCUT2D eigenvalue weighted by atomic mass is 16.1. The summed E-state index contributed by atoms with van der Waals surface area (Å²) in [6.07, 6.45) is 7.61. The molecule has 1 amide bonds. The predicted molar refractivity (Wildman–Crippen MR) is 63.6 cm³/mol. The summed E-state index contributed by atoms with van der Waals surface area (Å²) in [5.41, 5.74) is 0. The molecule has 1 rings (SSSR count). The molecule has 1 N–H and O–H groups in total. The van der Waals surface area contributed by atoms with Crippen molar-refractivity contribution >= 4 is 5.91 Å². The summed E-state index contributed by atoms with van der Waals surface area (Å²) >= 11 is 0. The topological polar surface area (TPSA) is 29.1 Å². The van der Waals surface area contributed by atoms with Gasteiger partial charge in [-0.2, -0.15) is 0 Å². The van der Waals surface area contributed by atoms with Crippen LogP contribution in [0.3, 0.4) is 0 Å². The zero-order valence-corrected chi connectivity index (χ0v) is 10.4. The molecule has 0 bridgehead atoms. The largest absolute Gasteiger partial charge is 0.353 e. The number of rotatable bonds is 4. The molecule has 0 aromatic carbocycles. The van der Waals surface area contributed by atoms with Crippen LogP contribution in [0.25, 0.3) is 0 Å². The summed E-state index contributed by atoms with van der Waals surface area (Å²) in [5, 5.41) is 3.21. The average Bonchev–Trinajstić information content (AvgIpc) is 2.21. The van der Waals surface area contributed by atoms with E-state index in [1.165, 1.54) is 38.5 Å². The lowest BCUT2D eigenvalue weighted by Crippen LogP contribution is -2.43. The van der Waals surface area contributed by atoms with Crippen molar-refractivity contribution in [3.05, 3.63) is 0 Å². The number of carbonyl (C=O) groups is 1. The Bertz CT molecular complexity index is 199. The lowest BCUT2D eigenvalue weighted by molar-refractivity contribution is -0.125. The molecular formula is C13H25NO. The second-order valence-electron chi connectivity index (χ2n) is 5.10. The second-order valence-corrected chi connectivity index (χ2v) is 5.10. The van der Waals surface area contributed by atoms with Crippen molar-refractivity contribution in [1.29, 1.82) is 0 Å². The molecular weight excluding hydrogens is 186 g/mol. The van der Waals surface area contributed by atoms with Crippen molar-refractivity contribution in [2.45, 2.75) is 65.3 Å². The first-order valence-corrected chi connectivity index (χ1v) is 6.45. The number of amides is 1. The first kappa shape index (κ1) is 12.5. The fraction of sp³-hybridized carbons (Fsp3) is 0.923. The number of nitrogens with one attached hydrogen (secondary N) is 1. The molecule has 2 nitrogen and oxygen atoms in total. The van der Waals surface area contributed by atoms with Crippen LogP contribution in [0.1, 0.15) is 59.3 Å². The monoisotopic (exact) mass is 211 g/mol. The van der Waals surface area contributed by atoms with Crippen molar-refractivity contribution in [3.8, 4) is 0 Å². The highest BCUT2D eigenvalue weighted by molar-refractivity contribution is 5.78. The number of carbonyl (C=O) groups excluding carboxylic acids is 1. The van der Waals surface area contributed by atoms with Gasteiger partial charge in [-0.3, -0.25) is 4.79 Å². The number of hydrogen-bond acceptors (Lipinski definition) is 1. The fourth-order valence-corrected chi connectivity index (χ4v) is 2.46. The molecule has 1 fully saturated rings. The van der Waals surface area contributed by atoms with Crippen LogP contribution in [-0.2, 0) is 4.79 Å². The Balaban J connectivity index is 2.45. The Morgan fingerprint density at radius 2 is 2.00 bits per heavy atom. The van der Waals surface area contributed by atoms with E-state index in [1.807, 2.05) is 13.8 Å². The van der Waals surface area contributed by atoms with Gasteiger partial charge < -0.3 is 5.32 Å². The lowest BCUT2D eigenvalue weighted by atomic mass is 9.81. The van der Waals surface area contributed by atoms with Crippen molar-refractivity contribution in [2.24, 2.45) is 11.8 Å². The molecule has 15 heavy (non-hydrogen) atoms. The summed E-state index contributed by atoms with van der Waals surface area (Å²) in [5.74, 6) is 1.07.